The molecular weight excluding hydrogens is 198 g/mol. The molecule has 2 aromatic heterocycles. The minimum Gasteiger partial charge on any atom is -0.477 e. The van der Waals surface area contributed by atoms with Crippen LogP contribution in [-0.4, -0.2) is 26.2 Å². The van der Waals surface area contributed by atoms with Gasteiger partial charge < -0.3 is 14.6 Å². The van der Waals surface area contributed by atoms with Crippen molar-refractivity contribution in [1.29, 1.82) is 0 Å². The molecule has 0 amide bonds. The lowest BCUT2D eigenvalue weighted by atomic mass is 10.1. The Labute approximate surface area is 84.9 Å². The summed E-state index contributed by atoms with van der Waals surface area (Å²) in [6.45, 7) is 3.35. The number of H-pyrrole nitrogens is 1. The third kappa shape index (κ3) is 1.39. The monoisotopic (exact) mass is 207 g/mol. The van der Waals surface area contributed by atoms with Gasteiger partial charge in [0.15, 0.2) is 0 Å². The molecule has 0 aromatic carbocycles. The Hall–Kier alpha value is -2.11. The third-order valence-electron chi connectivity index (χ3n) is 2.13. The van der Waals surface area contributed by atoms with Crippen LogP contribution in [0.3, 0.4) is 0 Å². The van der Waals surface area contributed by atoms with E-state index in [2.05, 4.69) is 15.1 Å². The van der Waals surface area contributed by atoms with Crippen LogP contribution in [0.15, 0.2) is 10.9 Å². The fraction of sp³-hybridized carbons (Fsp3) is 0.222. The summed E-state index contributed by atoms with van der Waals surface area (Å²) in [6, 6.07) is 0. The Balaban J connectivity index is 2.64. The molecule has 6 heteroatoms. The summed E-state index contributed by atoms with van der Waals surface area (Å²) in [4.78, 5) is 17.8. The van der Waals surface area contributed by atoms with E-state index in [9.17, 15) is 4.79 Å². The van der Waals surface area contributed by atoms with E-state index in [1.165, 1.54) is 6.33 Å². The molecule has 15 heavy (non-hydrogen) atoms. The molecule has 78 valence electrons. The largest absolute Gasteiger partial charge is 0.477 e. The van der Waals surface area contributed by atoms with Crippen LogP contribution in [0.4, 0.5) is 0 Å². The van der Waals surface area contributed by atoms with Crippen molar-refractivity contribution >= 4 is 5.97 Å². The number of nitrogens with zero attached hydrogens (tertiary/aromatic N) is 2. The van der Waals surface area contributed by atoms with E-state index in [1.807, 2.05) is 0 Å². The number of carbonyl (C=O) groups is 1. The maximum Gasteiger partial charge on any atom is 0.341 e. The molecular formula is C9H9N3O3. The lowest BCUT2D eigenvalue weighted by molar-refractivity contribution is 0.0695. The molecule has 2 N–H and O–H groups in total. The van der Waals surface area contributed by atoms with Gasteiger partial charge in [-0.15, -0.1) is 0 Å². The van der Waals surface area contributed by atoms with E-state index in [0.29, 0.717) is 5.69 Å². The molecule has 0 radical (unpaired) electrons. The second-order valence-corrected chi connectivity index (χ2v) is 3.14. The topological polar surface area (TPSA) is 92.0 Å². The summed E-state index contributed by atoms with van der Waals surface area (Å²) >= 11 is 0. The molecule has 0 unspecified atom stereocenters. The molecule has 0 fully saturated rings. The van der Waals surface area contributed by atoms with Crippen molar-refractivity contribution < 1.29 is 14.4 Å². The van der Waals surface area contributed by atoms with Crippen molar-refractivity contribution in [3.8, 4) is 11.4 Å². The Morgan fingerprint density at radius 3 is 2.73 bits per heavy atom. The molecule has 0 saturated heterocycles. The van der Waals surface area contributed by atoms with Crippen LogP contribution in [0.25, 0.3) is 11.4 Å². The SMILES string of the molecule is Cc1[nH]cnc1-c1noc(C)c1C(=O)O. The summed E-state index contributed by atoms with van der Waals surface area (Å²) in [5.41, 5.74) is 1.58. The lowest BCUT2D eigenvalue weighted by Gasteiger charge is -1.94. The zero-order valence-electron chi connectivity index (χ0n) is 8.24. The molecule has 0 aliphatic carbocycles. The Kier molecular flexibility index (Phi) is 2.03. The molecule has 0 spiro atoms. The second kappa shape index (κ2) is 3.23. The average Bonchev–Trinajstić information content (AvgIpc) is 2.71. The van der Waals surface area contributed by atoms with Gasteiger partial charge in [-0.2, -0.15) is 0 Å². The molecule has 6 nitrogen and oxygen atoms in total. The number of carboxylic acid groups (broad SMARTS) is 1. The Bertz CT molecular complexity index is 512. The van der Waals surface area contributed by atoms with Gasteiger partial charge in [0.05, 0.1) is 6.33 Å². The quantitative estimate of drug-likeness (QED) is 0.776. The fourth-order valence-electron chi connectivity index (χ4n) is 1.38. The maximum atomic E-state index is 11.0. The van der Waals surface area contributed by atoms with Crippen LogP contribution < -0.4 is 0 Å². The predicted octanol–water partition coefficient (Wildman–Crippen LogP) is 1.38. The first-order valence-corrected chi connectivity index (χ1v) is 4.31. The summed E-state index contributed by atoms with van der Waals surface area (Å²) in [6.07, 6.45) is 1.49. The first-order chi connectivity index (χ1) is 7.11. The molecule has 0 atom stereocenters. The van der Waals surface area contributed by atoms with Crippen molar-refractivity contribution in [3.63, 3.8) is 0 Å². The zero-order valence-corrected chi connectivity index (χ0v) is 8.24. The van der Waals surface area contributed by atoms with Gasteiger partial charge in [-0.3, -0.25) is 0 Å². The molecule has 2 heterocycles. The van der Waals surface area contributed by atoms with Crippen molar-refractivity contribution in [1.82, 2.24) is 15.1 Å². The normalized spacial score (nSPS) is 10.5. The number of rotatable bonds is 2. The van der Waals surface area contributed by atoms with Crippen molar-refractivity contribution in [3.05, 3.63) is 23.3 Å². The van der Waals surface area contributed by atoms with E-state index in [4.69, 9.17) is 9.63 Å². The standard InChI is InChI=1S/C9H9N3O3/c1-4-7(11-3-10-4)8-6(9(13)14)5(2)15-12-8/h3H,1-2H3,(H,10,11)(H,13,14). The van der Waals surface area contributed by atoms with Crippen LogP contribution in [0.2, 0.25) is 0 Å². The second-order valence-electron chi connectivity index (χ2n) is 3.14. The number of imidazole rings is 1. The van der Waals surface area contributed by atoms with Crippen LogP contribution in [0.5, 0.6) is 0 Å². The number of aromatic nitrogens is 3. The van der Waals surface area contributed by atoms with Gasteiger partial charge in [-0.05, 0) is 13.8 Å². The highest BCUT2D eigenvalue weighted by Gasteiger charge is 2.23. The third-order valence-corrected chi connectivity index (χ3v) is 2.13. The number of hydrogen-bond donors (Lipinski definition) is 2. The van der Waals surface area contributed by atoms with Crippen molar-refractivity contribution in [2.45, 2.75) is 13.8 Å². The van der Waals surface area contributed by atoms with E-state index in [0.717, 1.165) is 5.69 Å². The molecule has 0 aliphatic rings. The molecule has 2 rings (SSSR count). The molecule has 0 aliphatic heterocycles. The summed E-state index contributed by atoms with van der Waals surface area (Å²) in [7, 11) is 0. The zero-order chi connectivity index (χ0) is 11.0. The summed E-state index contributed by atoms with van der Waals surface area (Å²) in [5, 5.41) is 12.7. The predicted molar refractivity (Wildman–Crippen MR) is 50.5 cm³/mol. The number of aromatic carboxylic acids is 1. The van der Waals surface area contributed by atoms with Gasteiger partial charge in [0.1, 0.15) is 22.7 Å². The number of aromatic amines is 1. The van der Waals surface area contributed by atoms with Crippen LogP contribution >= 0.6 is 0 Å². The van der Waals surface area contributed by atoms with Crippen LogP contribution in [0, 0.1) is 13.8 Å². The fourth-order valence-corrected chi connectivity index (χ4v) is 1.38. The summed E-state index contributed by atoms with van der Waals surface area (Å²) in [5.74, 6) is -0.786. The molecule has 0 bridgehead atoms. The van der Waals surface area contributed by atoms with Gasteiger partial charge in [-0.1, -0.05) is 5.16 Å². The first kappa shape index (κ1) is 9.45. The van der Waals surface area contributed by atoms with Crippen LogP contribution in [0.1, 0.15) is 21.8 Å². The van der Waals surface area contributed by atoms with Crippen molar-refractivity contribution in [2.75, 3.05) is 0 Å². The van der Waals surface area contributed by atoms with E-state index < -0.39 is 5.97 Å². The number of carboxylic acids is 1. The molecule has 0 saturated carbocycles. The minimum absolute atomic E-state index is 0.0604. The number of aryl methyl sites for hydroxylation is 2. The van der Waals surface area contributed by atoms with Crippen molar-refractivity contribution in [2.24, 2.45) is 0 Å². The van der Waals surface area contributed by atoms with Gasteiger partial charge in [0, 0.05) is 5.69 Å². The highest BCUT2D eigenvalue weighted by atomic mass is 16.5. The van der Waals surface area contributed by atoms with E-state index >= 15 is 0 Å². The van der Waals surface area contributed by atoms with Gasteiger partial charge in [-0.25, -0.2) is 9.78 Å². The van der Waals surface area contributed by atoms with Gasteiger partial charge in [0.25, 0.3) is 0 Å². The Morgan fingerprint density at radius 2 is 2.20 bits per heavy atom. The smallest absolute Gasteiger partial charge is 0.341 e. The average molecular weight is 207 g/mol. The first-order valence-electron chi connectivity index (χ1n) is 4.31. The maximum absolute atomic E-state index is 11.0. The lowest BCUT2D eigenvalue weighted by Crippen LogP contribution is -1.99. The highest BCUT2D eigenvalue weighted by molar-refractivity contribution is 5.95. The van der Waals surface area contributed by atoms with E-state index in [1.54, 1.807) is 13.8 Å². The van der Waals surface area contributed by atoms with E-state index in [-0.39, 0.29) is 17.0 Å². The highest BCUT2D eigenvalue weighted by Crippen LogP contribution is 2.25. The number of hydrogen-bond acceptors (Lipinski definition) is 4. The van der Waals surface area contributed by atoms with Gasteiger partial charge in [0.2, 0.25) is 0 Å². The Morgan fingerprint density at radius 1 is 1.47 bits per heavy atom. The molecule has 2 aromatic rings. The van der Waals surface area contributed by atoms with Crippen LogP contribution in [-0.2, 0) is 0 Å². The minimum atomic E-state index is -1.06. The van der Waals surface area contributed by atoms with Gasteiger partial charge >= 0.3 is 5.97 Å². The number of nitrogens with one attached hydrogen (secondary N) is 1. The summed E-state index contributed by atoms with van der Waals surface area (Å²) < 4.78 is 4.85.